The molecule has 0 heterocycles. The van der Waals surface area contributed by atoms with E-state index in [1.807, 2.05) is 0 Å². The molecule has 0 aromatic heterocycles. The summed E-state index contributed by atoms with van der Waals surface area (Å²) < 4.78 is 1.27. The molecule has 0 aromatic carbocycles. The average Bonchev–Trinajstić information content (AvgIpc) is 2.15. The van der Waals surface area contributed by atoms with Crippen molar-refractivity contribution in [3.8, 4) is 0 Å². The molecule has 12 heavy (non-hydrogen) atoms. The molecule has 0 radical (unpaired) electrons. The Morgan fingerprint density at radius 3 is 2.92 bits per heavy atom. The van der Waals surface area contributed by atoms with E-state index in [4.69, 9.17) is 0 Å². The van der Waals surface area contributed by atoms with E-state index >= 15 is 0 Å². The third-order valence-corrected chi connectivity index (χ3v) is 3.80. The van der Waals surface area contributed by atoms with E-state index < -0.39 is 0 Å². The van der Waals surface area contributed by atoms with Gasteiger partial charge in [0.05, 0.1) is 0 Å². The van der Waals surface area contributed by atoms with Gasteiger partial charge in [0.1, 0.15) is 0 Å². The van der Waals surface area contributed by atoms with Gasteiger partial charge in [-0.2, -0.15) is 0 Å². The van der Waals surface area contributed by atoms with Gasteiger partial charge in [-0.25, -0.2) is 0 Å². The molecule has 72 valence electrons. The van der Waals surface area contributed by atoms with Crippen molar-refractivity contribution in [2.45, 2.75) is 31.7 Å². The summed E-state index contributed by atoms with van der Waals surface area (Å²) in [6.07, 6.45) is 7.66. The predicted molar refractivity (Wildman–Crippen MR) is 49.9 cm³/mol. The first kappa shape index (κ1) is 10.5. The van der Waals surface area contributed by atoms with Gasteiger partial charge in [0.2, 0.25) is 0 Å². The van der Waals surface area contributed by atoms with Crippen LogP contribution in [0.1, 0.15) is 25.7 Å². The third kappa shape index (κ3) is 3.05. The van der Waals surface area contributed by atoms with Crippen LogP contribution < -0.4 is 26.5 Å². The normalized spacial score (nSPS) is 30.4. The zero-order valence-corrected chi connectivity index (χ0v) is 10.0. The molecule has 1 N–H and O–H groups in total. The molecule has 0 saturated heterocycles. The quantitative estimate of drug-likeness (QED) is 0.301. The molecule has 1 rings (SSSR count). The summed E-state index contributed by atoms with van der Waals surface area (Å²) in [5.74, 6) is 0.745. The summed E-state index contributed by atoms with van der Waals surface area (Å²) in [4.78, 5) is 2.33. The summed E-state index contributed by atoms with van der Waals surface area (Å²) in [6.45, 7) is 3.91. The van der Waals surface area contributed by atoms with Crippen molar-refractivity contribution in [3.05, 3.63) is 12.7 Å². The zero-order valence-electron chi connectivity index (χ0n) is 7.85. The number of rotatable bonds is 4. The minimum atomic E-state index is 0.410. The summed E-state index contributed by atoms with van der Waals surface area (Å²) in [5.41, 5.74) is 0. The topological polar surface area (TPSA) is 12.0 Å². The summed E-state index contributed by atoms with van der Waals surface area (Å²) in [6, 6.07) is 0.746. The maximum atomic E-state index is 3.91. The van der Waals surface area contributed by atoms with Gasteiger partial charge in [0.15, 0.2) is 0 Å². The van der Waals surface area contributed by atoms with Crippen LogP contribution in [0.3, 0.4) is 0 Å². The molecular weight excluding hydrogens is 261 g/mol. The summed E-state index contributed by atoms with van der Waals surface area (Å²) >= 11 is 0.410. The second-order valence-corrected chi connectivity index (χ2v) is 5.68. The molecule has 1 unspecified atom stereocenters. The van der Waals surface area contributed by atoms with Gasteiger partial charge in [-0.15, -0.1) is 0 Å². The van der Waals surface area contributed by atoms with E-state index in [-0.39, 0.29) is 0 Å². The molecule has 1 nitrogen and oxygen atoms in total. The Hall–Kier alpha value is 0.430. The first-order chi connectivity index (χ1) is 5.88. The van der Waals surface area contributed by atoms with Crippen molar-refractivity contribution in [2.24, 2.45) is 5.92 Å². The van der Waals surface area contributed by atoms with Crippen LogP contribution in [0.4, 0.5) is 0 Å². The minimum absolute atomic E-state index is 0.410. The second kappa shape index (κ2) is 5.97. The SMILES string of the molecule is C=C[C@@H]1CCCCC1NC[I-]C. The number of alkyl halides is 2. The van der Waals surface area contributed by atoms with Crippen LogP contribution in [-0.4, -0.2) is 15.5 Å². The van der Waals surface area contributed by atoms with Crippen molar-refractivity contribution in [2.75, 3.05) is 9.48 Å². The molecule has 1 aliphatic carbocycles. The van der Waals surface area contributed by atoms with Gasteiger partial charge in [-0.3, -0.25) is 0 Å². The summed E-state index contributed by atoms with van der Waals surface area (Å²) in [5, 5.41) is 3.65. The fourth-order valence-electron chi connectivity index (χ4n) is 1.87. The first-order valence-corrected chi connectivity index (χ1v) is 8.36. The second-order valence-electron chi connectivity index (χ2n) is 3.40. The van der Waals surface area contributed by atoms with Crippen LogP contribution in [0.15, 0.2) is 12.7 Å². The molecule has 0 bridgehead atoms. The van der Waals surface area contributed by atoms with Gasteiger partial charge >= 0.3 is 86.3 Å². The molecule has 1 aliphatic rings. The van der Waals surface area contributed by atoms with Crippen LogP contribution in [0.25, 0.3) is 0 Å². The number of hydrogen-bond donors (Lipinski definition) is 1. The number of nitrogens with one attached hydrogen (secondary N) is 1. The van der Waals surface area contributed by atoms with Crippen molar-refractivity contribution in [3.63, 3.8) is 0 Å². The Kier molecular flexibility index (Phi) is 5.23. The van der Waals surface area contributed by atoms with Crippen molar-refractivity contribution in [1.82, 2.24) is 5.32 Å². The number of hydrogen-bond acceptors (Lipinski definition) is 1. The Morgan fingerprint density at radius 2 is 2.25 bits per heavy atom. The molecule has 2 heteroatoms. The molecule has 2 atom stereocenters. The predicted octanol–water partition coefficient (Wildman–Crippen LogP) is -1.00. The Labute approximate surface area is 86.3 Å². The molecule has 0 amide bonds. The molecule has 1 fully saturated rings. The van der Waals surface area contributed by atoms with Gasteiger partial charge in [0.25, 0.3) is 0 Å². The Balaban J connectivity index is 2.31. The van der Waals surface area contributed by atoms with Gasteiger partial charge in [0, 0.05) is 0 Å². The van der Waals surface area contributed by atoms with E-state index in [9.17, 15) is 0 Å². The number of halogens is 1. The fourth-order valence-corrected chi connectivity index (χ4v) is 2.88. The standard InChI is InChI=1S/C10H19IN/c1-3-9-6-4-5-7-10(9)12-8-11-2/h3,9-10,12H,1,4-8H2,2H3/q-1/t9-,10?/m1/s1. The summed E-state index contributed by atoms with van der Waals surface area (Å²) in [7, 11) is 0. The van der Waals surface area contributed by atoms with Crippen LogP contribution >= 0.6 is 0 Å². The third-order valence-electron chi connectivity index (χ3n) is 2.60. The monoisotopic (exact) mass is 280 g/mol. The van der Waals surface area contributed by atoms with Crippen LogP contribution in [0.2, 0.25) is 0 Å². The van der Waals surface area contributed by atoms with Crippen molar-refractivity contribution in [1.29, 1.82) is 0 Å². The molecule has 0 aliphatic heterocycles. The first-order valence-electron chi connectivity index (χ1n) is 4.68. The fraction of sp³-hybridized carbons (Fsp3) is 0.800. The van der Waals surface area contributed by atoms with E-state index in [0.717, 1.165) is 12.0 Å². The molecular formula is C10H19IN-. The molecule has 0 aromatic rings. The average molecular weight is 280 g/mol. The Morgan fingerprint density at radius 1 is 1.50 bits per heavy atom. The zero-order chi connectivity index (χ0) is 8.81. The van der Waals surface area contributed by atoms with Crippen LogP contribution in [-0.2, 0) is 0 Å². The van der Waals surface area contributed by atoms with Crippen LogP contribution in [0.5, 0.6) is 0 Å². The van der Waals surface area contributed by atoms with E-state index in [1.165, 1.54) is 30.2 Å². The van der Waals surface area contributed by atoms with E-state index in [1.54, 1.807) is 0 Å². The van der Waals surface area contributed by atoms with Gasteiger partial charge in [-0.05, 0) is 0 Å². The molecule has 1 saturated carbocycles. The van der Waals surface area contributed by atoms with E-state index in [0.29, 0.717) is 21.2 Å². The van der Waals surface area contributed by atoms with E-state index in [2.05, 4.69) is 22.9 Å². The van der Waals surface area contributed by atoms with Crippen molar-refractivity contribution < 1.29 is 21.2 Å². The van der Waals surface area contributed by atoms with Crippen LogP contribution in [0, 0.1) is 5.92 Å². The van der Waals surface area contributed by atoms with Gasteiger partial charge < -0.3 is 0 Å². The van der Waals surface area contributed by atoms with Crippen molar-refractivity contribution >= 4 is 0 Å². The van der Waals surface area contributed by atoms with Gasteiger partial charge in [-0.1, -0.05) is 0 Å². The maximum absolute atomic E-state index is 3.91. The molecule has 0 spiro atoms. The Bertz CT molecular complexity index is 136.